The van der Waals surface area contributed by atoms with Crippen LogP contribution in [0.4, 0.5) is 11.4 Å². The molecule has 0 heterocycles. The zero-order chi connectivity index (χ0) is 23.1. The maximum atomic E-state index is 11.2. The predicted octanol–water partition coefficient (Wildman–Crippen LogP) is 5.59. The Hall–Kier alpha value is -5.08. The molecule has 0 amide bonds. The number of rotatable bonds is 6. The normalized spacial score (nSPS) is 10.7. The average molecular weight is 422 g/mol. The van der Waals surface area contributed by atoms with E-state index in [1.807, 2.05) is 12.1 Å². The van der Waals surface area contributed by atoms with Gasteiger partial charge in [0.15, 0.2) is 0 Å². The van der Waals surface area contributed by atoms with Gasteiger partial charge in [-0.1, -0.05) is 36.4 Å². The largest absolute Gasteiger partial charge is 0.277 e. The summed E-state index contributed by atoms with van der Waals surface area (Å²) in [5.74, 6) is 0. The standard InChI is InChI=1S/C24H14N4O4/c25-15-19-7-11-21(23(13-19)27(29)30)9-5-17-1-2-18(4-3-17)6-10-22-12-8-20(16-26)14-24(22)28(31)32/h1-14H/b9-5-,10-6+. The summed E-state index contributed by atoms with van der Waals surface area (Å²) in [7, 11) is 0. The molecule has 3 rings (SSSR count). The average Bonchev–Trinajstić information content (AvgIpc) is 2.81. The second-order valence-electron chi connectivity index (χ2n) is 6.62. The second kappa shape index (κ2) is 9.61. The van der Waals surface area contributed by atoms with Crippen LogP contribution in [0, 0.1) is 42.9 Å². The van der Waals surface area contributed by atoms with Crippen molar-refractivity contribution in [2.75, 3.05) is 0 Å². The number of nitriles is 2. The zero-order valence-corrected chi connectivity index (χ0v) is 16.5. The molecule has 0 spiro atoms. The molecule has 0 aliphatic heterocycles. The maximum absolute atomic E-state index is 11.2. The molecular formula is C24H14N4O4. The minimum absolute atomic E-state index is 0.149. The van der Waals surface area contributed by atoms with Gasteiger partial charge in [0.25, 0.3) is 11.4 Å². The first-order valence-electron chi connectivity index (χ1n) is 9.24. The van der Waals surface area contributed by atoms with Gasteiger partial charge >= 0.3 is 0 Å². The molecule has 154 valence electrons. The van der Waals surface area contributed by atoms with Crippen molar-refractivity contribution in [3.8, 4) is 12.1 Å². The molecule has 0 fully saturated rings. The summed E-state index contributed by atoms with van der Waals surface area (Å²) in [6.45, 7) is 0. The van der Waals surface area contributed by atoms with Crippen LogP contribution in [-0.2, 0) is 0 Å². The molecule has 0 saturated carbocycles. The first kappa shape index (κ1) is 21.6. The third-order valence-electron chi connectivity index (χ3n) is 4.56. The van der Waals surface area contributed by atoms with Crippen molar-refractivity contribution in [1.29, 1.82) is 10.5 Å². The third-order valence-corrected chi connectivity index (χ3v) is 4.56. The Morgan fingerprint density at radius 2 is 1.00 bits per heavy atom. The molecule has 3 aromatic rings. The molecule has 0 aromatic heterocycles. The Morgan fingerprint density at radius 1 is 0.625 bits per heavy atom. The van der Waals surface area contributed by atoms with Gasteiger partial charge in [0.05, 0.1) is 44.2 Å². The lowest BCUT2D eigenvalue weighted by atomic mass is 10.1. The van der Waals surface area contributed by atoms with Gasteiger partial charge in [-0.15, -0.1) is 0 Å². The molecule has 0 aliphatic carbocycles. The second-order valence-corrected chi connectivity index (χ2v) is 6.62. The molecule has 0 atom stereocenters. The molecule has 0 saturated heterocycles. The van der Waals surface area contributed by atoms with Gasteiger partial charge in [-0.2, -0.15) is 10.5 Å². The fourth-order valence-corrected chi connectivity index (χ4v) is 2.91. The molecule has 8 heteroatoms. The minimum atomic E-state index is -0.531. The Labute approximate surface area is 182 Å². The fraction of sp³-hybridized carbons (Fsp3) is 0. The van der Waals surface area contributed by atoms with Gasteiger partial charge in [0.1, 0.15) is 0 Å². The highest BCUT2D eigenvalue weighted by atomic mass is 16.6. The van der Waals surface area contributed by atoms with E-state index in [1.54, 1.807) is 48.6 Å². The smallest absolute Gasteiger partial charge is 0.258 e. The van der Waals surface area contributed by atoms with Gasteiger partial charge < -0.3 is 0 Å². The highest BCUT2D eigenvalue weighted by Gasteiger charge is 2.13. The molecule has 3 aromatic carbocycles. The van der Waals surface area contributed by atoms with E-state index >= 15 is 0 Å². The van der Waals surface area contributed by atoms with E-state index in [1.165, 1.54) is 36.4 Å². The topological polar surface area (TPSA) is 134 Å². The first-order chi connectivity index (χ1) is 15.4. The van der Waals surface area contributed by atoms with Crippen LogP contribution in [0.1, 0.15) is 33.4 Å². The number of hydrogen-bond acceptors (Lipinski definition) is 6. The van der Waals surface area contributed by atoms with Crippen molar-refractivity contribution in [2.24, 2.45) is 0 Å². The van der Waals surface area contributed by atoms with Crippen LogP contribution in [0.15, 0.2) is 60.7 Å². The molecule has 0 bridgehead atoms. The zero-order valence-electron chi connectivity index (χ0n) is 16.5. The number of nitrogens with zero attached hydrogens (tertiary/aromatic N) is 4. The highest BCUT2D eigenvalue weighted by Crippen LogP contribution is 2.24. The van der Waals surface area contributed by atoms with Gasteiger partial charge in [0.2, 0.25) is 0 Å². The molecule has 8 nitrogen and oxygen atoms in total. The SMILES string of the molecule is N#Cc1ccc(/C=C\c2ccc(/C=C/c3ccc(C#N)cc3[N+](=O)[O-])cc2)c([N+](=O)[O-])c1. The van der Waals surface area contributed by atoms with E-state index < -0.39 is 9.85 Å². The minimum Gasteiger partial charge on any atom is -0.258 e. The lowest BCUT2D eigenvalue weighted by molar-refractivity contribution is -0.385. The summed E-state index contributed by atoms with van der Waals surface area (Å²) >= 11 is 0. The molecule has 0 unspecified atom stereocenters. The van der Waals surface area contributed by atoms with E-state index in [9.17, 15) is 20.2 Å². The number of nitro benzene ring substituents is 2. The predicted molar refractivity (Wildman–Crippen MR) is 120 cm³/mol. The number of benzene rings is 3. The van der Waals surface area contributed by atoms with E-state index in [4.69, 9.17) is 10.5 Å². The molecular weight excluding hydrogens is 408 g/mol. The van der Waals surface area contributed by atoms with E-state index in [0.717, 1.165) is 11.1 Å². The van der Waals surface area contributed by atoms with E-state index in [2.05, 4.69) is 0 Å². The third kappa shape index (κ3) is 5.09. The highest BCUT2D eigenvalue weighted by molar-refractivity contribution is 5.77. The van der Waals surface area contributed by atoms with Crippen molar-refractivity contribution >= 4 is 35.7 Å². The van der Waals surface area contributed by atoms with Crippen LogP contribution >= 0.6 is 0 Å². The molecule has 0 aliphatic rings. The summed E-state index contributed by atoms with van der Waals surface area (Å²) < 4.78 is 0. The quantitative estimate of drug-likeness (QED) is 0.289. The van der Waals surface area contributed by atoms with Crippen molar-refractivity contribution in [3.05, 3.63) is 114 Å². The fourth-order valence-electron chi connectivity index (χ4n) is 2.91. The Bertz CT molecular complexity index is 1240. The van der Waals surface area contributed by atoms with Crippen molar-refractivity contribution in [1.82, 2.24) is 0 Å². The summed E-state index contributed by atoms with van der Waals surface area (Å²) in [4.78, 5) is 21.4. The van der Waals surface area contributed by atoms with Gasteiger partial charge in [-0.3, -0.25) is 20.2 Å². The molecule has 0 N–H and O–H groups in total. The monoisotopic (exact) mass is 422 g/mol. The maximum Gasteiger partial charge on any atom is 0.277 e. The Balaban J connectivity index is 1.80. The van der Waals surface area contributed by atoms with Crippen LogP contribution in [0.3, 0.4) is 0 Å². The summed E-state index contributed by atoms with van der Waals surface area (Å²) in [6.07, 6.45) is 6.63. The summed E-state index contributed by atoms with van der Waals surface area (Å²) in [5.41, 5.74) is 2.49. The first-order valence-corrected chi connectivity index (χ1v) is 9.24. The van der Waals surface area contributed by atoms with Crippen LogP contribution < -0.4 is 0 Å². The lowest BCUT2D eigenvalue weighted by Gasteiger charge is -2.00. The lowest BCUT2D eigenvalue weighted by Crippen LogP contribution is -1.92. The molecule has 32 heavy (non-hydrogen) atoms. The van der Waals surface area contributed by atoms with Crippen LogP contribution in [0.5, 0.6) is 0 Å². The van der Waals surface area contributed by atoms with Gasteiger partial charge in [-0.25, -0.2) is 0 Å². The van der Waals surface area contributed by atoms with E-state index in [-0.39, 0.29) is 22.5 Å². The molecule has 0 radical (unpaired) electrons. The van der Waals surface area contributed by atoms with Crippen LogP contribution in [0.2, 0.25) is 0 Å². The van der Waals surface area contributed by atoms with E-state index in [0.29, 0.717) is 11.1 Å². The number of hydrogen-bond donors (Lipinski definition) is 0. The van der Waals surface area contributed by atoms with Crippen molar-refractivity contribution in [2.45, 2.75) is 0 Å². The van der Waals surface area contributed by atoms with Gasteiger partial charge in [-0.05, 0) is 47.5 Å². The Morgan fingerprint density at radius 3 is 1.31 bits per heavy atom. The van der Waals surface area contributed by atoms with Crippen LogP contribution in [0.25, 0.3) is 24.3 Å². The summed E-state index contributed by atoms with van der Waals surface area (Å²) in [5, 5.41) is 40.3. The van der Waals surface area contributed by atoms with Crippen LogP contribution in [-0.4, -0.2) is 9.85 Å². The Kier molecular flexibility index (Phi) is 6.50. The number of nitro groups is 2. The van der Waals surface area contributed by atoms with Gasteiger partial charge in [0, 0.05) is 12.1 Å². The van der Waals surface area contributed by atoms with Crippen molar-refractivity contribution in [3.63, 3.8) is 0 Å². The summed E-state index contributed by atoms with van der Waals surface area (Å²) in [6, 6.07) is 19.5. The van der Waals surface area contributed by atoms with Crippen molar-refractivity contribution < 1.29 is 9.85 Å².